The lowest BCUT2D eigenvalue weighted by Crippen LogP contribution is -2.66. The minimum atomic E-state index is -1.57. The zero-order valence-electron chi connectivity index (χ0n) is 20.3. The lowest BCUT2D eigenvalue weighted by atomic mass is 9.59. The van der Waals surface area contributed by atoms with Crippen LogP contribution >= 0.6 is 0 Å². The van der Waals surface area contributed by atoms with Gasteiger partial charge < -0.3 is 24.4 Å². The molecule has 0 aromatic rings. The molecular weight excluding hydrogens is 428 g/mol. The standard InChI is InChI=1S/C25H34O8/c1-12-8-18-23(31-7,20(12)29)10-16(11-26)9-17-19-22(5,6)25(19,33-15(4)28)21(32-14(3)27)13(2)24(17,18)30/h8-9,13,17-19,21,26,30H,10-11H2,1-7H3/t13-,17+,18-,19-,21-,23-,24-,25-/m1/s1. The summed E-state index contributed by atoms with van der Waals surface area (Å²) >= 11 is 0. The van der Waals surface area contributed by atoms with Crippen molar-refractivity contribution in [2.24, 2.45) is 29.1 Å². The van der Waals surface area contributed by atoms with Crippen molar-refractivity contribution in [1.82, 2.24) is 0 Å². The van der Waals surface area contributed by atoms with Crippen molar-refractivity contribution < 1.29 is 38.8 Å². The van der Waals surface area contributed by atoms with Crippen LogP contribution in [0, 0.1) is 29.1 Å². The molecule has 0 aliphatic heterocycles. The third-order valence-corrected chi connectivity index (χ3v) is 8.90. The molecule has 2 saturated carbocycles. The topological polar surface area (TPSA) is 119 Å². The van der Waals surface area contributed by atoms with Crippen LogP contribution in [0.5, 0.6) is 0 Å². The van der Waals surface area contributed by atoms with E-state index in [-0.39, 0.29) is 18.8 Å². The monoisotopic (exact) mass is 462 g/mol. The third kappa shape index (κ3) is 2.77. The molecular formula is C25H34O8. The first kappa shape index (κ1) is 24.1. The molecule has 0 saturated heterocycles. The van der Waals surface area contributed by atoms with E-state index in [0.717, 1.165) is 0 Å². The normalized spacial score (nSPS) is 45.0. The molecule has 0 heterocycles. The second kappa shape index (κ2) is 7.23. The molecule has 2 fully saturated rings. The molecule has 0 aromatic heterocycles. The van der Waals surface area contributed by atoms with Crippen molar-refractivity contribution in [1.29, 1.82) is 0 Å². The Balaban J connectivity index is 1.99. The van der Waals surface area contributed by atoms with Gasteiger partial charge in [-0.1, -0.05) is 32.9 Å². The maximum absolute atomic E-state index is 13.3. The largest absolute Gasteiger partial charge is 0.458 e. The van der Waals surface area contributed by atoms with Crippen molar-refractivity contribution in [2.45, 2.75) is 70.9 Å². The second-order valence-corrected chi connectivity index (χ2v) is 10.7. The van der Waals surface area contributed by atoms with Crippen LogP contribution in [-0.2, 0) is 28.6 Å². The number of Topliss-reactive ketones (excluding diaryl/α,β-unsaturated/α-hetero) is 1. The van der Waals surface area contributed by atoms with E-state index in [0.29, 0.717) is 11.1 Å². The molecule has 0 amide bonds. The average Bonchev–Trinajstić information content (AvgIpc) is 3.13. The first-order chi connectivity index (χ1) is 15.2. The van der Waals surface area contributed by atoms with Gasteiger partial charge >= 0.3 is 11.9 Å². The maximum Gasteiger partial charge on any atom is 0.303 e. The number of carbonyl (C=O) groups excluding carboxylic acids is 3. The molecule has 33 heavy (non-hydrogen) atoms. The van der Waals surface area contributed by atoms with Gasteiger partial charge in [-0.3, -0.25) is 14.4 Å². The Bertz CT molecular complexity index is 979. The van der Waals surface area contributed by atoms with Gasteiger partial charge in [0.2, 0.25) is 0 Å². The van der Waals surface area contributed by atoms with Gasteiger partial charge in [0.05, 0.1) is 12.2 Å². The predicted molar refractivity (Wildman–Crippen MR) is 117 cm³/mol. The Morgan fingerprint density at radius 3 is 2.33 bits per heavy atom. The minimum Gasteiger partial charge on any atom is -0.458 e. The lowest BCUT2D eigenvalue weighted by Gasteiger charge is -2.53. The highest BCUT2D eigenvalue weighted by Crippen LogP contribution is 2.77. The molecule has 8 nitrogen and oxygen atoms in total. The zero-order chi connectivity index (χ0) is 24.7. The summed E-state index contributed by atoms with van der Waals surface area (Å²) in [5.74, 6) is -3.72. The number of methoxy groups -OCH3 is 1. The van der Waals surface area contributed by atoms with E-state index in [1.165, 1.54) is 21.0 Å². The van der Waals surface area contributed by atoms with Gasteiger partial charge in [0.1, 0.15) is 11.7 Å². The molecule has 182 valence electrons. The smallest absolute Gasteiger partial charge is 0.303 e. The number of aliphatic hydroxyl groups excluding tert-OH is 1. The van der Waals surface area contributed by atoms with Crippen LogP contribution in [0.3, 0.4) is 0 Å². The van der Waals surface area contributed by atoms with Gasteiger partial charge in [-0.15, -0.1) is 0 Å². The van der Waals surface area contributed by atoms with E-state index >= 15 is 0 Å². The molecule has 4 aliphatic carbocycles. The van der Waals surface area contributed by atoms with E-state index in [2.05, 4.69) is 0 Å². The van der Waals surface area contributed by atoms with Gasteiger partial charge in [0, 0.05) is 56.5 Å². The Morgan fingerprint density at radius 1 is 1.18 bits per heavy atom. The van der Waals surface area contributed by atoms with Gasteiger partial charge in [-0.05, 0) is 18.1 Å². The first-order valence-corrected chi connectivity index (χ1v) is 11.4. The minimum absolute atomic E-state index is 0.134. The molecule has 8 atom stereocenters. The number of rotatable bonds is 4. The summed E-state index contributed by atoms with van der Waals surface area (Å²) in [7, 11) is 1.44. The van der Waals surface area contributed by atoms with E-state index in [4.69, 9.17) is 14.2 Å². The molecule has 0 spiro atoms. The summed E-state index contributed by atoms with van der Waals surface area (Å²) < 4.78 is 17.6. The quantitative estimate of drug-likeness (QED) is 0.479. The SMILES string of the molecule is CO[C@]12CC(CO)=C[C@H]3[C@@H]4C(C)(C)[C@]4(OC(C)=O)[C@H](OC(C)=O)[C@@H](C)[C@]3(O)[C@@H]1C=C(C)C2=O. The number of fused-ring (bicyclic) bond motifs is 5. The molecule has 4 rings (SSSR count). The van der Waals surface area contributed by atoms with Crippen molar-refractivity contribution in [3.05, 3.63) is 23.3 Å². The fraction of sp³-hybridized carbons (Fsp3) is 0.720. The van der Waals surface area contributed by atoms with E-state index in [1.807, 2.05) is 19.9 Å². The summed E-state index contributed by atoms with van der Waals surface area (Å²) in [6, 6.07) is 0. The zero-order valence-corrected chi connectivity index (χ0v) is 20.3. The van der Waals surface area contributed by atoms with Gasteiger partial charge in [0.25, 0.3) is 0 Å². The van der Waals surface area contributed by atoms with E-state index in [1.54, 1.807) is 19.9 Å². The number of esters is 2. The van der Waals surface area contributed by atoms with Crippen LogP contribution in [0.2, 0.25) is 0 Å². The molecule has 0 radical (unpaired) electrons. The third-order valence-electron chi connectivity index (χ3n) is 8.90. The number of carbonyl (C=O) groups is 3. The van der Waals surface area contributed by atoms with Gasteiger partial charge in [-0.2, -0.15) is 0 Å². The molecule has 4 aliphatic rings. The number of hydrogen-bond donors (Lipinski definition) is 2. The van der Waals surface area contributed by atoms with Crippen LogP contribution in [0.4, 0.5) is 0 Å². The average molecular weight is 463 g/mol. The number of ether oxygens (including phenoxy) is 3. The van der Waals surface area contributed by atoms with Crippen LogP contribution < -0.4 is 0 Å². The summed E-state index contributed by atoms with van der Waals surface area (Å²) in [4.78, 5) is 37.7. The fourth-order valence-corrected chi connectivity index (χ4v) is 7.50. The highest BCUT2D eigenvalue weighted by Gasteiger charge is 2.87. The van der Waals surface area contributed by atoms with Crippen molar-refractivity contribution in [3.63, 3.8) is 0 Å². The Kier molecular flexibility index (Phi) is 5.28. The fourth-order valence-electron chi connectivity index (χ4n) is 7.50. The molecule has 0 aromatic carbocycles. The van der Waals surface area contributed by atoms with Gasteiger partial charge in [0.15, 0.2) is 11.4 Å². The predicted octanol–water partition coefficient (Wildman–Crippen LogP) is 1.73. The van der Waals surface area contributed by atoms with Crippen LogP contribution in [0.25, 0.3) is 0 Å². The first-order valence-electron chi connectivity index (χ1n) is 11.4. The summed E-state index contributed by atoms with van der Waals surface area (Å²) in [6.07, 6.45) is 2.79. The number of hydrogen-bond acceptors (Lipinski definition) is 8. The summed E-state index contributed by atoms with van der Waals surface area (Å²) in [6.45, 7) is 9.62. The van der Waals surface area contributed by atoms with Crippen molar-refractivity contribution >= 4 is 17.7 Å². The van der Waals surface area contributed by atoms with Gasteiger partial charge in [-0.25, -0.2) is 0 Å². The highest BCUT2D eigenvalue weighted by molar-refractivity contribution is 6.05. The highest BCUT2D eigenvalue weighted by atomic mass is 16.6. The Morgan fingerprint density at radius 2 is 1.82 bits per heavy atom. The second-order valence-electron chi connectivity index (χ2n) is 10.7. The molecule has 0 unspecified atom stereocenters. The van der Waals surface area contributed by atoms with E-state index in [9.17, 15) is 24.6 Å². The number of aliphatic hydroxyl groups is 2. The van der Waals surface area contributed by atoms with Crippen LogP contribution in [0.1, 0.15) is 48.0 Å². The molecule has 8 heteroatoms. The Hall–Kier alpha value is -2.03. The van der Waals surface area contributed by atoms with E-state index < -0.39 is 63.9 Å². The summed E-state index contributed by atoms with van der Waals surface area (Å²) in [5, 5.41) is 22.7. The number of ketones is 1. The molecule has 2 N–H and O–H groups in total. The molecule has 0 bridgehead atoms. The Labute approximate surface area is 194 Å². The van der Waals surface area contributed by atoms with Crippen LogP contribution in [-0.4, -0.2) is 64.6 Å². The lowest BCUT2D eigenvalue weighted by molar-refractivity contribution is -0.229. The van der Waals surface area contributed by atoms with Crippen LogP contribution in [0.15, 0.2) is 23.3 Å². The van der Waals surface area contributed by atoms with Crippen molar-refractivity contribution in [2.75, 3.05) is 13.7 Å². The maximum atomic E-state index is 13.3. The summed E-state index contributed by atoms with van der Waals surface area (Å²) in [5.41, 5.74) is -3.66. The van der Waals surface area contributed by atoms with Crippen molar-refractivity contribution in [3.8, 4) is 0 Å².